The van der Waals surface area contributed by atoms with Crippen LogP contribution in [-0.4, -0.2) is 45.3 Å². The quantitative estimate of drug-likeness (QED) is 0.240. The maximum atomic E-state index is 11.9. The van der Waals surface area contributed by atoms with E-state index in [1.807, 2.05) is 6.20 Å². The van der Waals surface area contributed by atoms with Crippen LogP contribution in [0.3, 0.4) is 0 Å². The fourth-order valence-electron chi connectivity index (χ4n) is 2.93. The molecule has 0 atom stereocenters. The number of nitro groups is 2. The van der Waals surface area contributed by atoms with E-state index >= 15 is 0 Å². The number of aromatic nitrogens is 6. The first-order valence-corrected chi connectivity index (χ1v) is 10.6. The first-order chi connectivity index (χ1) is 15.3. The van der Waals surface area contributed by atoms with E-state index in [1.165, 1.54) is 6.20 Å². The molecule has 170 valence electrons. The molecule has 0 aromatic carbocycles. The summed E-state index contributed by atoms with van der Waals surface area (Å²) >= 11 is 0.823. The summed E-state index contributed by atoms with van der Waals surface area (Å²) in [6.07, 6.45) is 7.51. The highest BCUT2D eigenvalue weighted by molar-refractivity contribution is 7.18. The minimum absolute atomic E-state index is 0.117. The molecule has 3 heterocycles. The summed E-state index contributed by atoms with van der Waals surface area (Å²) in [5, 5.41) is 32.3. The Hall–Kier alpha value is -3.75. The van der Waals surface area contributed by atoms with E-state index < -0.39 is 9.85 Å². The van der Waals surface area contributed by atoms with E-state index in [0.29, 0.717) is 38.2 Å². The zero-order valence-corrected chi connectivity index (χ0v) is 18.0. The number of nitrogens with one attached hydrogen (secondary N) is 1. The number of anilines is 1. The van der Waals surface area contributed by atoms with Gasteiger partial charge in [0.05, 0.1) is 10.6 Å². The topological polar surface area (TPSA) is 177 Å². The highest BCUT2D eigenvalue weighted by Gasteiger charge is 2.15. The number of unbranched alkanes of at least 4 members (excludes halogenated alkanes) is 2. The molecule has 0 fully saturated rings. The molecule has 3 aromatic heterocycles. The minimum Gasteiger partial charge on any atom is -0.358 e. The molecule has 0 spiro atoms. The van der Waals surface area contributed by atoms with Crippen LogP contribution in [0.4, 0.5) is 16.0 Å². The van der Waals surface area contributed by atoms with Gasteiger partial charge in [0.1, 0.15) is 12.4 Å². The summed E-state index contributed by atoms with van der Waals surface area (Å²) in [6.45, 7) is 2.89. The fourth-order valence-corrected chi connectivity index (χ4v) is 3.58. The van der Waals surface area contributed by atoms with E-state index in [2.05, 4.69) is 25.6 Å². The summed E-state index contributed by atoms with van der Waals surface area (Å²) in [6, 6.07) is 0. The summed E-state index contributed by atoms with van der Waals surface area (Å²) in [5.41, 5.74) is 0.776. The van der Waals surface area contributed by atoms with Crippen molar-refractivity contribution in [3.8, 4) is 0 Å². The van der Waals surface area contributed by atoms with Crippen molar-refractivity contribution in [3.63, 3.8) is 0 Å². The van der Waals surface area contributed by atoms with Gasteiger partial charge in [-0.2, -0.15) is 0 Å². The van der Waals surface area contributed by atoms with Crippen LogP contribution in [0.2, 0.25) is 0 Å². The summed E-state index contributed by atoms with van der Waals surface area (Å²) in [7, 11) is 0. The minimum atomic E-state index is -0.548. The van der Waals surface area contributed by atoms with Gasteiger partial charge in [-0.05, 0) is 34.1 Å². The first kappa shape index (κ1) is 22.9. The Morgan fingerprint density at radius 2 is 1.97 bits per heavy atom. The Morgan fingerprint density at radius 1 is 1.16 bits per heavy atom. The molecular weight excluding hydrogens is 442 g/mol. The Kier molecular flexibility index (Phi) is 7.54. The van der Waals surface area contributed by atoms with Crippen LogP contribution in [0.15, 0.2) is 18.6 Å². The van der Waals surface area contributed by atoms with Gasteiger partial charge in [0.25, 0.3) is 0 Å². The van der Waals surface area contributed by atoms with Gasteiger partial charge >= 0.3 is 10.8 Å². The Labute approximate surface area is 185 Å². The number of amides is 1. The Bertz CT molecular complexity index is 1110. The van der Waals surface area contributed by atoms with Gasteiger partial charge in [0, 0.05) is 39.1 Å². The highest BCUT2D eigenvalue weighted by atomic mass is 32.1. The van der Waals surface area contributed by atoms with E-state index in [4.69, 9.17) is 0 Å². The number of carbonyl (C=O) groups is 1. The second-order valence-corrected chi connectivity index (χ2v) is 7.95. The van der Waals surface area contributed by atoms with Crippen molar-refractivity contribution < 1.29 is 14.6 Å². The van der Waals surface area contributed by atoms with Gasteiger partial charge in [0.15, 0.2) is 5.13 Å². The van der Waals surface area contributed by atoms with Crippen LogP contribution in [0.5, 0.6) is 0 Å². The molecule has 3 aromatic rings. The van der Waals surface area contributed by atoms with E-state index in [9.17, 15) is 25.0 Å². The number of imidazole rings is 1. The van der Waals surface area contributed by atoms with Crippen molar-refractivity contribution >= 4 is 33.2 Å². The molecule has 0 radical (unpaired) electrons. The lowest BCUT2D eigenvalue weighted by Crippen LogP contribution is -2.10. The van der Waals surface area contributed by atoms with Crippen molar-refractivity contribution in [3.05, 3.63) is 50.3 Å². The van der Waals surface area contributed by atoms with E-state index in [0.717, 1.165) is 36.1 Å². The number of rotatable bonds is 12. The van der Waals surface area contributed by atoms with Gasteiger partial charge in [0.2, 0.25) is 11.7 Å². The van der Waals surface area contributed by atoms with E-state index in [-0.39, 0.29) is 21.9 Å². The lowest BCUT2D eigenvalue weighted by atomic mass is 10.2. The third-order valence-corrected chi connectivity index (χ3v) is 5.42. The highest BCUT2D eigenvalue weighted by Crippen LogP contribution is 2.25. The predicted molar refractivity (Wildman–Crippen MR) is 113 cm³/mol. The smallest absolute Gasteiger partial charge is 0.358 e. The van der Waals surface area contributed by atoms with Crippen molar-refractivity contribution in [2.75, 3.05) is 5.32 Å². The fraction of sp³-hybridized carbons (Fsp3) is 0.471. The molecule has 1 N–H and O–H groups in total. The zero-order valence-electron chi connectivity index (χ0n) is 17.2. The van der Waals surface area contributed by atoms with Crippen molar-refractivity contribution in [1.29, 1.82) is 0 Å². The predicted octanol–water partition coefficient (Wildman–Crippen LogP) is 2.50. The molecule has 15 heteroatoms. The van der Waals surface area contributed by atoms with Crippen LogP contribution < -0.4 is 5.32 Å². The third-order valence-electron chi connectivity index (χ3n) is 4.56. The molecule has 14 nitrogen and oxygen atoms in total. The molecule has 32 heavy (non-hydrogen) atoms. The number of thiazole rings is 1. The van der Waals surface area contributed by atoms with Gasteiger partial charge in [-0.15, -0.1) is 5.10 Å². The summed E-state index contributed by atoms with van der Waals surface area (Å²) < 4.78 is 3.44. The van der Waals surface area contributed by atoms with Crippen LogP contribution >= 0.6 is 11.3 Å². The number of carbonyl (C=O) groups excluding carboxylic acids is 1. The maximum absolute atomic E-state index is 11.9. The molecule has 0 bridgehead atoms. The van der Waals surface area contributed by atoms with Crippen LogP contribution in [-0.2, 0) is 24.3 Å². The molecule has 0 aliphatic heterocycles. The number of hydrogen-bond donors (Lipinski definition) is 1. The average molecular weight is 463 g/mol. The van der Waals surface area contributed by atoms with Gasteiger partial charge in [-0.1, -0.05) is 11.6 Å². The normalized spacial score (nSPS) is 10.9. The zero-order chi connectivity index (χ0) is 23.1. The molecular formula is C17H21N9O5S. The van der Waals surface area contributed by atoms with Gasteiger partial charge in [-0.3, -0.25) is 19.6 Å². The number of hydrogen-bond acceptors (Lipinski definition) is 10. The monoisotopic (exact) mass is 463 g/mol. The maximum Gasteiger partial charge on any atom is 0.381 e. The standard InChI is InChI=1S/C17H21N9O5S/c1-12-19-14(25(28)29)11-23(12)8-6-13-10-24(22-21-13)7-4-2-3-5-15(27)20-17-18-9-16(32-17)26(30)31/h9-11H,2-8H2,1H3,(H,18,20,27). The molecule has 0 aliphatic rings. The second kappa shape index (κ2) is 10.5. The number of nitrogens with zero attached hydrogens (tertiary/aromatic N) is 8. The molecule has 0 saturated heterocycles. The first-order valence-electron chi connectivity index (χ1n) is 9.79. The lowest BCUT2D eigenvalue weighted by molar-refractivity contribution is -0.389. The van der Waals surface area contributed by atoms with E-state index in [1.54, 1.807) is 16.2 Å². The SMILES string of the molecule is Cc1nc([N+](=O)[O-])cn1CCc1cn(CCCCCC(=O)Nc2ncc([N+](=O)[O-])s2)nn1. The largest absolute Gasteiger partial charge is 0.381 e. The molecule has 3 rings (SSSR count). The van der Waals surface area contributed by atoms with Crippen molar-refractivity contribution in [1.82, 2.24) is 29.5 Å². The Morgan fingerprint density at radius 3 is 2.66 bits per heavy atom. The Balaban J connectivity index is 1.33. The van der Waals surface area contributed by atoms with Crippen LogP contribution in [0, 0.1) is 27.2 Å². The van der Waals surface area contributed by atoms with Crippen LogP contribution in [0.25, 0.3) is 0 Å². The van der Waals surface area contributed by atoms with Crippen molar-refractivity contribution in [2.24, 2.45) is 0 Å². The second-order valence-electron chi connectivity index (χ2n) is 6.94. The van der Waals surface area contributed by atoms with Gasteiger partial charge in [-0.25, -0.2) is 4.98 Å². The molecule has 0 saturated carbocycles. The summed E-state index contributed by atoms with van der Waals surface area (Å²) in [4.78, 5) is 39.9. The summed E-state index contributed by atoms with van der Waals surface area (Å²) in [5.74, 6) is 0.168. The molecule has 1 amide bonds. The average Bonchev–Trinajstić information content (AvgIpc) is 3.46. The van der Waals surface area contributed by atoms with Gasteiger partial charge < -0.3 is 20.0 Å². The lowest BCUT2D eigenvalue weighted by Gasteiger charge is -2.02. The van der Waals surface area contributed by atoms with Crippen LogP contribution in [0.1, 0.15) is 37.2 Å². The number of aryl methyl sites for hydroxylation is 4. The third kappa shape index (κ3) is 6.37. The molecule has 0 aliphatic carbocycles. The van der Waals surface area contributed by atoms with Crippen molar-refractivity contribution in [2.45, 2.75) is 52.1 Å². The molecule has 0 unspecified atom stereocenters.